The summed E-state index contributed by atoms with van der Waals surface area (Å²) in [6.07, 6.45) is -0.121. The van der Waals surface area contributed by atoms with Gasteiger partial charge in [-0.25, -0.2) is 4.79 Å². The lowest BCUT2D eigenvalue weighted by Crippen LogP contribution is -2.54. The van der Waals surface area contributed by atoms with Crippen molar-refractivity contribution in [2.24, 2.45) is 5.73 Å². The Kier molecular flexibility index (Phi) is 4.42. The van der Waals surface area contributed by atoms with Crippen LogP contribution in [-0.4, -0.2) is 27.9 Å². The topological polar surface area (TPSA) is 72.6 Å². The summed E-state index contributed by atoms with van der Waals surface area (Å²) in [4.78, 5) is 26.4. The Balaban J connectivity index is 1.66. The fourth-order valence-electron chi connectivity index (χ4n) is 3.17. The number of benzene rings is 2. The number of amides is 1. The van der Waals surface area contributed by atoms with Gasteiger partial charge in [0.1, 0.15) is 0 Å². The van der Waals surface area contributed by atoms with E-state index in [1.807, 2.05) is 60.7 Å². The van der Waals surface area contributed by atoms with Crippen LogP contribution in [0.1, 0.15) is 23.7 Å². The molecule has 1 atom stereocenters. The van der Waals surface area contributed by atoms with Crippen LogP contribution in [0.15, 0.2) is 72.1 Å². The summed E-state index contributed by atoms with van der Waals surface area (Å²) in [5.41, 5.74) is 8.36. The van der Waals surface area contributed by atoms with Gasteiger partial charge in [-0.15, -0.1) is 11.8 Å². The number of hydrogen-bond donors (Lipinski definition) is 1. The molecule has 4 rings (SSSR count). The molecule has 26 heavy (non-hydrogen) atoms. The number of esters is 1. The average Bonchev–Trinajstić information content (AvgIpc) is 2.67. The zero-order chi connectivity index (χ0) is 18.1. The minimum absolute atomic E-state index is 0.00995. The maximum atomic E-state index is 12.9. The van der Waals surface area contributed by atoms with E-state index in [9.17, 15) is 9.59 Å². The Bertz CT molecular complexity index is 828. The Labute approximate surface area is 155 Å². The number of ether oxygens (including phenoxy) is 1. The zero-order valence-electron chi connectivity index (χ0n) is 14.0. The highest BCUT2D eigenvalue weighted by Gasteiger charge is 2.45. The van der Waals surface area contributed by atoms with Gasteiger partial charge in [-0.2, -0.15) is 0 Å². The summed E-state index contributed by atoms with van der Waals surface area (Å²) in [5, 5.41) is -0.00995. The monoisotopic (exact) mass is 366 g/mol. The standard InChI is InChI=1S/C20H18N2O3S/c21-15-12-26-17-11-16(23)22(17)18(15)20(24)25-19(13-7-3-1-4-8-13)14-9-5-2-6-10-14/h1-10,17,19H,11-12,21H2/t17-/m1/s1. The van der Waals surface area contributed by atoms with Crippen LogP contribution in [0.25, 0.3) is 0 Å². The van der Waals surface area contributed by atoms with E-state index in [1.54, 1.807) is 11.8 Å². The van der Waals surface area contributed by atoms with E-state index in [-0.39, 0.29) is 17.0 Å². The molecule has 1 saturated heterocycles. The molecule has 5 nitrogen and oxygen atoms in total. The lowest BCUT2D eigenvalue weighted by Gasteiger charge is -2.43. The highest BCUT2D eigenvalue weighted by atomic mass is 32.2. The van der Waals surface area contributed by atoms with Gasteiger partial charge in [0.15, 0.2) is 11.8 Å². The molecule has 0 unspecified atom stereocenters. The number of fused-ring (bicyclic) bond motifs is 1. The van der Waals surface area contributed by atoms with Gasteiger partial charge in [-0.3, -0.25) is 9.69 Å². The number of thioether (sulfide) groups is 1. The number of β-lactam (4-membered cyclic amide) rings is 1. The van der Waals surface area contributed by atoms with Gasteiger partial charge >= 0.3 is 5.97 Å². The van der Waals surface area contributed by atoms with E-state index < -0.39 is 12.1 Å². The molecular weight excluding hydrogens is 348 g/mol. The van der Waals surface area contributed by atoms with E-state index in [4.69, 9.17) is 10.5 Å². The van der Waals surface area contributed by atoms with E-state index in [2.05, 4.69) is 0 Å². The minimum atomic E-state index is -0.561. The van der Waals surface area contributed by atoms with Crippen molar-refractivity contribution in [1.82, 2.24) is 4.90 Å². The van der Waals surface area contributed by atoms with Gasteiger partial charge in [-0.1, -0.05) is 60.7 Å². The van der Waals surface area contributed by atoms with Crippen molar-refractivity contribution < 1.29 is 14.3 Å². The van der Waals surface area contributed by atoms with Gasteiger partial charge in [0, 0.05) is 5.75 Å². The largest absolute Gasteiger partial charge is 0.448 e. The van der Waals surface area contributed by atoms with E-state index in [0.717, 1.165) is 11.1 Å². The van der Waals surface area contributed by atoms with Crippen molar-refractivity contribution in [3.05, 3.63) is 83.2 Å². The van der Waals surface area contributed by atoms with Gasteiger partial charge < -0.3 is 10.5 Å². The molecule has 2 aliphatic rings. The summed E-state index contributed by atoms with van der Waals surface area (Å²) in [6, 6.07) is 19.1. The Morgan fingerprint density at radius 3 is 2.19 bits per heavy atom. The first-order valence-corrected chi connectivity index (χ1v) is 9.43. The molecular formula is C20H18N2O3S. The number of hydrogen-bond acceptors (Lipinski definition) is 5. The van der Waals surface area contributed by atoms with Crippen LogP contribution in [-0.2, 0) is 14.3 Å². The summed E-state index contributed by atoms with van der Waals surface area (Å²) >= 11 is 1.57. The van der Waals surface area contributed by atoms with Crippen molar-refractivity contribution in [2.45, 2.75) is 17.9 Å². The molecule has 0 radical (unpaired) electrons. The molecule has 1 fully saturated rings. The normalized spacial score (nSPS) is 19.2. The number of nitrogens with zero attached hydrogens (tertiary/aromatic N) is 1. The second kappa shape index (κ2) is 6.88. The zero-order valence-corrected chi connectivity index (χ0v) is 14.8. The predicted octanol–water partition coefficient (Wildman–Crippen LogP) is 2.79. The third kappa shape index (κ3) is 2.97. The summed E-state index contributed by atoms with van der Waals surface area (Å²) in [5.74, 6) is -0.119. The maximum absolute atomic E-state index is 12.9. The second-order valence-electron chi connectivity index (χ2n) is 6.21. The van der Waals surface area contributed by atoms with Crippen LogP contribution in [0.4, 0.5) is 0 Å². The van der Waals surface area contributed by atoms with E-state index in [1.165, 1.54) is 4.90 Å². The van der Waals surface area contributed by atoms with Crippen LogP contribution in [0.3, 0.4) is 0 Å². The fourth-order valence-corrected chi connectivity index (χ4v) is 4.32. The first-order chi connectivity index (χ1) is 12.6. The quantitative estimate of drug-likeness (QED) is 0.665. The first-order valence-electron chi connectivity index (χ1n) is 8.38. The third-order valence-electron chi connectivity index (χ3n) is 4.51. The molecule has 132 valence electrons. The minimum Gasteiger partial charge on any atom is -0.448 e. The number of rotatable bonds is 4. The molecule has 1 amide bonds. The number of carbonyl (C=O) groups excluding carboxylic acids is 2. The van der Waals surface area contributed by atoms with Crippen LogP contribution in [0.5, 0.6) is 0 Å². The van der Waals surface area contributed by atoms with Gasteiger partial charge in [0.05, 0.1) is 17.5 Å². The molecule has 0 spiro atoms. The highest BCUT2D eigenvalue weighted by molar-refractivity contribution is 8.00. The molecule has 0 aromatic heterocycles. The van der Waals surface area contributed by atoms with Gasteiger partial charge in [0.2, 0.25) is 5.91 Å². The van der Waals surface area contributed by atoms with Crippen LogP contribution in [0, 0.1) is 0 Å². The van der Waals surface area contributed by atoms with E-state index >= 15 is 0 Å². The van der Waals surface area contributed by atoms with Crippen molar-refractivity contribution in [1.29, 1.82) is 0 Å². The van der Waals surface area contributed by atoms with Gasteiger partial charge in [-0.05, 0) is 11.1 Å². The van der Waals surface area contributed by atoms with Crippen LogP contribution in [0.2, 0.25) is 0 Å². The maximum Gasteiger partial charge on any atom is 0.357 e. The number of carbonyl (C=O) groups is 2. The van der Waals surface area contributed by atoms with Crippen molar-refractivity contribution in [2.75, 3.05) is 5.75 Å². The lowest BCUT2D eigenvalue weighted by molar-refractivity contribution is -0.151. The Morgan fingerprint density at radius 1 is 1.08 bits per heavy atom. The molecule has 0 aliphatic carbocycles. The van der Waals surface area contributed by atoms with Crippen molar-refractivity contribution in [3.8, 4) is 0 Å². The summed E-state index contributed by atoms with van der Waals surface area (Å²) in [7, 11) is 0. The second-order valence-corrected chi connectivity index (χ2v) is 7.38. The number of nitrogens with two attached hydrogens (primary N) is 1. The molecule has 0 bridgehead atoms. The van der Waals surface area contributed by atoms with Crippen LogP contribution < -0.4 is 5.73 Å². The third-order valence-corrected chi connectivity index (χ3v) is 5.75. The Hall–Kier alpha value is -2.73. The fraction of sp³-hybridized carbons (Fsp3) is 0.200. The van der Waals surface area contributed by atoms with Crippen LogP contribution >= 0.6 is 11.8 Å². The Morgan fingerprint density at radius 2 is 1.65 bits per heavy atom. The van der Waals surface area contributed by atoms with Crippen molar-refractivity contribution >= 4 is 23.6 Å². The first kappa shape index (κ1) is 16.7. The lowest BCUT2D eigenvalue weighted by atomic mass is 10.0. The molecule has 2 heterocycles. The molecule has 0 saturated carbocycles. The summed E-state index contributed by atoms with van der Waals surface area (Å²) in [6.45, 7) is 0. The molecule has 2 N–H and O–H groups in total. The molecule has 2 aliphatic heterocycles. The smallest absolute Gasteiger partial charge is 0.357 e. The van der Waals surface area contributed by atoms with Gasteiger partial charge in [0.25, 0.3) is 0 Å². The molecule has 2 aromatic carbocycles. The molecule has 2 aromatic rings. The average molecular weight is 366 g/mol. The SMILES string of the molecule is NC1=C(C(=O)OC(c2ccccc2)c2ccccc2)N2C(=O)C[C@H]2SC1. The molecule has 6 heteroatoms. The van der Waals surface area contributed by atoms with Crippen molar-refractivity contribution in [3.63, 3.8) is 0 Å². The predicted molar refractivity (Wildman–Crippen MR) is 99.7 cm³/mol. The highest BCUT2D eigenvalue weighted by Crippen LogP contribution is 2.39. The van der Waals surface area contributed by atoms with E-state index in [0.29, 0.717) is 17.9 Å². The summed E-state index contributed by atoms with van der Waals surface area (Å²) < 4.78 is 5.85.